The first-order valence-corrected chi connectivity index (χ1v) is 14.3. The van der Waals surface area contributed by atoms with E-state index in [4.69, 9.17) is 31.0 Å². The van der Waals surface area contributed by atoms with Crippen LogP contribution in [0.15, 0.2) is 30.3 Å². The van der Waals surface area contributed by atoms with Gasteiger partial charge in [0.05, 0.1) is 31.5 Å². The average molecular weight is 587 g/mol. The molecule has 2 saturated heterocycles. The maximum absolute atomic E-state index is 14.7. The van der Waals surface area contributed by atoms with Crippen molar-refractivity contribution in [2.24, 2.45) is 0 Å². The van der Waals surface area contributed by atoms with Crippen LogP contribution >= 0.6 is 11.6 Å². The quantitative estimate of drug-likeness (QED) is 0.384. The second kappa shape index (κ2) is 12.6. The van der Waals surface area contributed by atoms with Crippen molar-refractivity contribution in [3.05, 3.63) is 41.2 Å². The summed E-state index contributed by atoms with van der Waals surface area (Å²) in [5.74, 6) is 1.52. The lowest BCUT2D eigenvalue weighted by Crippen LogP contribution is -2.55. The molecule has 0 aliphatic carbocycles. The Morgan fingerprint density at radius 2 is 1.85 bits per heavy atom. The standard InChI is InChI=1S/C29H36ClFN6O4/c1-18(8-14-38)37-9-4-5-24(37)28(39)35-10-12-36(13-11-35)29-33-23-17-26(41-3)25(40-2)16-20(23)27(34-29)32-22-7-6-19(30)15-21(22)31/h6-7,15-18,24,38H,4-5,8-14H2,1-3H3,(H,32,33,34). The number of benzene rings is 2. The van der Waals surface area contributed by atoms with Crippen LogP contribution in [-0.2, 0) is 4.79 Å². The van der Waals surface area contributed by atoms with Gasteiger partial charge in [0.1, 0.15) is 11.6 Å². The molecule has 2 aliphatic rings. The fourth-order valence-electron chi connectivity index (χ4n) is 5.67. The van der Waals surface area contributed by atoms with E-state index in [1.54, 1.807) is 38.5 Å². The van der Waals surface area contributed by atoms with E-state index >= 15 is 0 Å². The summed E-state index contributed by atoms with van der Waals surface area (Å²) >= 11 is 5.96. The van der Waals surface area contributed by atoms with Gasteiger partial charge in [-0.15, -0.1) is 0 Å². The molecule has 1 aromatic heterocycles. The topological polar surface area (TPSA) is 103 Å². The Morgan fingerprint density at radius 1 is 1.12 bits per heavy atom. The molecule has 3 heterocycles. The number of aromatic nitrogens is 2. The van der Waals surface area contributed by atoms with Crippen molar-refractivity contribution in [3.63, 3.8) is 0 Å². The Labute approximate surface area is 244 Å². The summed E-state index contributed by atoms with van der Waals surface area (Å²) in [7, 11) is 3.10. The molecule has 5 rings (SSSR count). The fraction of sp³-hybridized carbons (Fsp3) is 0.483. The zero-order chi connectivity index (χ0) is 29.1. The van der Waals surface area contributed by atoms with Gasteiger partial charge in [-0.2, -0.15) is 4.98 Å². The van der Waals surface area contributed by atoms with Crippen LogP contribution in [0.25, 0.3) is 10.9 Å². The average Bonchev–Trinajstić information content (AvgIpc) is 3.48. The highest BCUT2D eigenvalue weighted by Crippen LogP contribution is 2.36. The van der Waals surface area contributed by atoms with Crippen LogP contribution in [-0.4, -0.2) is 96.4 Å². The molecule has 220 valence electrons. The maximum Gasteiger partial charge on any atom is 0.240 e. The number of likely N-dealkylation sites (tertiary alicyclic amines) is 1. The first-order valence-electron chi connectivity index (χ1n) is 13.9. The van der Waals surface area contributed by atoms with E-state index in [-0.39, 0.29) is 30.3 Å². The van der Waals surface area contributed by atoms with Crippen molar-refractivity contribution >= 4 is 45.9 Å². The minimum absolute atomic E-state index is 0.114. The third kappa shape index (κ3) is 6.12. The van der Waals surface area contributed by atoms with Crippen molar-refractivity contribution in [2.45, 2.75) is 38.3 Å². The Hall–Kier alpha value is -3.41. The molecule has 1 amide bonds. The largest absolute Gasteiger partial charge is 0.493 e. The molecular formula is C29H36ClFN6O4. The van der Waals surface area contributed by atoms with Crippen molar-refractivity contribution < 1.29 is 23.8 Å². The number of carbonyl (C=O) groups is 1. The van der Waals surface area contributed by atoms with Crippen LogP contribution in [0.2, 0.25) is 5.02 Å². The van der Waals surface area contributed by atoms with Crippen molar-refractivity contribution in [2.75, 3.05) is 63.8 Å². The normalized spacial score (nSPS) is 18.5. The van der Waals surface area contributed by atoms with Crippen LogP contribution in [0, 0.1) is 5.82 Å². The molecule has 2 unspecified atom stereocenters. The molecule has 2 aromatic carbocycles. The number of nitrogens with one attached hydrogen (secondary N) is 1. The molecule has 10 nitrogen and oxygen atoms in total. The van der Waals surface area contributed by atoms with E-state index in [9.17, 15) is 14.3 Å². The summed E-state index contributed by atoms with van der Waals surface area (Å²) in [5.41, 5.74) is 0.824. The van der Waals surface area contributed by atoms with Gasteiger partial charge < -0.3 is 29.7 Å². The Bertz CT molecular complexity index is 1400. The van der Waals surface area contributed by atoms with E-state index < -0.39 is 5.82 Å². The summed E-state index contributed by atoms with van der Waals surface area (Å²) in [6.07, 6.45) is 2.48. The molecule has 0 radical (unpaired) electrons. The van der Waals surface area contributed by atoms with Gasteiger partial charge in [-0.1, -0.05) is 11.6 Å². The number of aliphatic hydroxyl groups is 1. The van der Waals surface area contributed by atoms with Crippen LogP contribution in [0.5, 0.6) is 11.5 Å². The number of piperazine rings is 1. The highest BCUT2D eigenvalue weighted by molar-refractivity contribution is 6.30. The summed E-state index contributed by atoms with van der Waals surface area (Å²) in [6, 6.07) is 7.95. The Kier molecular flexibility index (Phi) is 8.96. The molecule has 2 atom stereocenters. The Morgan fingerprint density at radius 3 is 2.54 bits per heavy atom. The number of anilines is 3. The van der Waals surface area contributed by atoms with Crippen molar-refractivity contribution in [1.82, 2.24) is 19.8 Å². The van der Waals surface area contributed by atoms with Crippen LogP contribution in [0.3, 0.4) is 0 Å². The minimum atomic E-state index is -0.507. The van der Waals surface area contributed by atoms with E-state index in [1.807, 2.05) is 9.80 Å². The SMILES string of the molecule is COc1cc2nc(N3CCN(C(=O)C4CCCN4C(C)CCO)CC3)nc(Nc3ccc(Cl)cc3F)c2cc1OC. The molecule has 2 fully saturated rings. The van der Waals surface area contributed by atoms with E-state index in [2.05, 4.69) is 17.1 Å². The first kappa shape index (κ1) is 29.1. The number of hydrogen-bond acceptors (Lipinski definition) is 9. The predicted molar refractivity (Wildman–Crippen MR) is 157 cm³/mol. The lowest BCUT2D eigenvalue weighted by atomic mass is 10.1. The second-order valence-electron chi connectivity index (χ2n) is 10.4. The molecule has 12 heteroatoms. The lowest BCUT2D eigenvalue weighted by Gasteiger charge is -2.38. The van der Waals surface area contributed by atoms with Crippen molar-refractivity contribution in [1.29, 1.82) is 0 Å². The number of amides is 1. The molecule has 41 heavy (non-hydrogen) atoms. The van der Waals surface area contributed by atoms with Gasteiger partial charge in [-0.05, 0) is 57.0 Å². The van der Waals surface area contributed by atoms with Gasteiger partial charge >= 0.3 is 0 Å². The number of carbonyl (C=O) groups excluding carboxylic acids is 1. The van der Waals surface area contributed by atoms with Gasteiger partial charge in [0.2, 0.25) is 11.9 Å². The number of rotatable bonds is 9. The summed E-state index contributed by atoms with van der Waals surface area (Å²) < 4.78 is 25.7. The summed E-state index contributed by atoms with van der Waals surface area (Å²) in [5, 5.41) is 13.4. The fourth-order valence-corrected chi connectivity index (χ4v) is 5.83. The number of halogens is 2. The number of methoxy groups -OCH3 is 2. The number of ether oxygens (including phenoxy) is 2. The maximum atomic E-state index is 14.7. The van der Waals surface area contributed by atoms with Gasteiger partial charge in [-0.25, -0.2) is 9.37 Å². The summed E-state index contributed by atoms with van der Waals surface area (Å²) in [6.45, 7) is 5.25. The number of nitrogens with zero attached hydrogens (tertiary/aromatic N) is 5. The number of hydrogen-bond donors (Lipinski definition) is 2. The predicted octanol–water partition coefficient (Wildman–Crippen LogP) is 4.07. The highest BCUT2D eigenvalue weighted by Gasteiger charge is 2.37. The minimum Gasteiger partial charge on any atom is -0.493 e. The van der Waals surface area contributed by atoms with Crippen LogP contribution in [0.1, 0.15) is 26.2 Å². The third-order valence-electron chi connectivity index (χ3n) is 7.94. The van der Waals surface area contributed by atoms with Crippen molar-refractivity contribution in [3.8, 4) is 11.5 Å². The highest BCUT2D eigenvalue weighted by atomic mass is 35.5. The number of fused-ring (bicyclic) bond motifs is 1. The Balaban J connectivity index is 1.39. The molecule has 0 saturated carbocycles. The zero-order valence-corrected chi connectivity index (χ0v) is 24.3. The smallest absolute Gasteiger partial charge is 0.240 e. The molecule has 0 bridgehead atoms. The third-order valence-corrected chi connectivity index (χ3v) is 8.18. The molecule has 2 N–H and O–H groups in total. The van der Waals surface area contributed by atoms with E-state index in [0.29, 0.717) is 71.8 Å². The molecule has 3 aromatic rings. The molecular weight excluding hydrogens is 551 g/mol. The van der Waals surface area contributed by atoms with E-state index in [0.717, 1.165) is 19.4 Å². The zero-order valence-electron chi connectivity index (χ0n) is 23.6. The van der Waals surface area contributed by atoms with Gasteiger partial charge in [0.25, 0.3) is 0 Å². The summed E-state index contributed by atoms with van der Waals surface area (Å²) in [4.78, 5) is 29.3. The van der Waals surface area contributed by atoms with Crippen LogP contribution < -0.4 is 19.7 Å². The number of aliphatic hydroxyl groups excluding tert-OH is 1. The van der Waals surface area contributed by atoms with Gasteiger partial charge in [0, 0.05) is 55.3 Å². The van der Waals surface area contributed by atoms with Crippen LogP contribution in [0.4, 0.5) is 21.8 Å². The first-order chi connectivity index (χ1) is 19.8. The second-order valence-corrected chi connectivity index (χ2v) is 10.9. The van der Waals surface area contributed by atoms with E-state index in [1.165, 1.54) is 6.07 Å². The monoisotopic (exact) mass is 586 g/mol. The van der Waals surface area contributed by atoms with Gasteiger partial charge in [-0.3, -0.25) is 9.69 Å². The molecule has 0 spiro atoms. The van der Waals surface area contributed by atoms with Gasteiger partial charge in [0.15, 0.2) is 11.5 Å². The lowest BCUT2D eigenvalue weighted by molar-refractivity contribution is -0.137. The molecule has 2 aliphatic heterocycles.